The lowest BCUT2D eigenvalue weighted by Gasteiger charge is -2.22. The average Bonchev–Trinajstić information content (AvgIpc) is 3.43. The van der Waals surface area contributed by atoms with Gasteiger partial charge in [0.25, 0.3) is 0 Å². The van der Waals surface area contributed by atoms with Gasteiger partial charge in [0.15, 0.2) is 0 Å². The number of para-hydroxylation sites is 1. The molecule has 1 aliphatic rings. The Morgan fingerprint density at radius 3 is 1.45 bits per heavy atom. The van der Waals surface area contributed by atoms with Gasteiger partial charge in [-0.3, -0.25) is 0 Å². The monoisotopic (exact) mass is 632 g/mol. The summed E-state index contributed by atoms with van der Waals surface area (Å²) in [6, 6.07) is 54.7. The van der Waals surface area contributed by atoms with Crippen LogP contribution in [0.4, 0.5) is 11.4 Å². The first-order valence-corrected chi connectivity index (χ1v) is 17.4. The third-order valence-corrected chi connectivity index (χ3v) is 9.94. The average molecular weight is 633 g/mol. The summed E-state index contributed by atoms with van der Waals surface area (Å²) in [5, 5.41) is 4.74. The lowest BCUT2D eigenvalue weighted by Crippen LogP contribution is -2.12. The Morgan fingerprint density at radius 1 is 0.388 bits per heavy atom. The molecule has 1 aliphatic carbocycles. The van der Waals surface area contributed by atoms with E-state index in [2.05, 4.69) is 179 Å². The molecule has 7 aromatic carbocycles. The molecular weight excluding hydrogens is 593 g/mol. The van der Waals surface area contributed by atoms with Crippen molar-refractivity contribution in [3.05, 3.63) is 191 Å². The molecule has 0 saturated heterocycles. The molecule has 0 aromatic heterocycles. The normalized spacial score (nSPS) is 14.3. The Labute approximate surface area is 289 Å². The largest absolute Gasteiger partial charge is 0.245 e. The van der Waals surface area contributed by atoms with Crippen LogP contribution in [0.15, 0.2) is 162 Å². The van der Waals surface area contributed by atoms with Crippen molar-refractivity contribution in [2.24, 2.45) is 9.98 Å². The van der Waals surface area contributed by atoms with Gasteiger partial charge in [-0.1, -0.05) is 179 Å². The Kier molecular flexibility index (Phi) is 8.01. The molecule has 8 rings (SSSR count). The SMILES string of the molecule is CC(C)c1cccc(C(C)C)c1N=C1C(=Nc2c(C(c3ccccc3)c3ccccc3)ccc3ccccc23)c2cccc3cccc1c23. The highest BCUT2D eigenvalue weighted by molar-refractivity contribution is 6.61. The molecule has 0 N–H and O–H groups in total. The standard InChI is InChI=1S/C47H40N2/c1-30(2)36-24-15-25-37(31(3)4)44(36)48-46-39-26-13-21-35-22-14-27-40(43(35)39)47(46)49-45-38-23-12-11-16-32(38)28-29-41(45)42(33-17-7-5-8-18-33)34-19-9-6-10-20-34/h5-31,42H,1-4H3. The van der Waals surface area contributed by atoms with Crippen molar-refractivity contribution in [3.8, 4) is 0 Å². The van der Waals surface area contributed by atoms with Crippen LogP contribution in [0.3, 0.4) is 0 Å². The fraction of sp³-hybridized carbons (Fsp3) is 0.149. The molecule has 49 heavy (non-hydrogen) atoms. The summed E-state index contributed by atoms with van der Waals surface area (Å²) >= 11 is 0. The van der Waals surface area contributed by atoms with E-state index in [-0.39, 0.29) is 5.92 Å². The van der Waals surface area contributed by atoms with Crippen LogP contribution in [-0.4, -0.2) is 11.4 Å². The van der Waals surface area contributed by atoms with Gasteiger partial charge >= 0.3 is 0 Å². The minimum Gasteiger partial charge on any atom is -0.245 e. The predicted octanol–water partition coefficient (Wildman–Crippen LogP) is 12.7. The molecule has 238 valence electrons. The first-order valence-electron chi connectivity index (χ1n) is 17.4. The minimum atomic E-state index is 0.000487. The Balaban J connectivity index is 1.47. The van der Waals surface area contributed by atoms with E-state index in [1.165, 1.54) is 44.0 Å². The number of aliphatic imine (C=N–C) groups is 2. The van der Waals surface area contributed by atoms with Crippen LogP contribution in [0.25, 0.3) is 21.5 Å². The zero-order chi connectivity index (χ0) is 33.5. The molecule has 2 nitrogen and oxygen atoms in total. The summed E-state index contributed by atoms with van der Waals surface area (Å²) in [6.45, 7) is 9.05. The third-order valence-electron chi connectivity index (χ3n) is 9.94. The zero-order valence-electron chi connectivity index (χ0n) is 28.6. The van der Waals surface area contributed by atoms with Crippen LogP contribution < -0.4 is 0 Å². The van der Waals surface area contributed by atoms with Crippen molar-refractivity contribution in [2.75, 3.05) is 0 Å². The molecule has 0 spiro atoms. The van der Waals surface area contributed by atoms with Crippen molar-refractivity contribution in [2.45, 2.75) is 45.4 Å². The molecule has 0 heterocycles. The van der Waals surface area contributed by atoms with Gasteiger partial charge in [0.05, 0.1) is 22.8 Å². The van der Waals surface area contributed by atoms with Gasteiger partial charge in [0.2, 0.25) is 0 Å². The van der Waals surface area contributed by atoms with E-state index in [9.17, 15) is 0 Å². The maximum atomic E-state index is 5.81. The van der Waals surface area contributed by atoms with Gasteiger partial charge in [-0.25, -0.2) is 9.98 Å². The highest BCUT2D eigenvalue weighted by Gasteiger charge is 2.30. The molecular formula is C47H40N2. The maximum Gasteiger partial charge on any atom is 0.0979 e. The fourth-order valence-electron chi connectivity index (χ4n) is 7.55. The Hall–Kier alpha value is -5.60. The Morgan fingerprint density at radius 2 is 0.878 bits per heavy atom. The van der Waals surface area contributed by atoms with Crippen molar-refractivity contribution >= 4 is 44.3 Å². The minimum absolute atomic E-state index is 0.000487. The van der Waals surface area contributed by atoms with E-state index in [0.717, 1.165) is 39.3 Å². The van der Waals surface area contributed by atoms with Gasteiger partial charge in [-0.15, -0.1) is 0 Å². The highest BCUT2D eigenvalue weighted by Crippen LogP contribution is 2.44. The van der Waals surface area contributed by atoms with E-state index in [0.29, 0.717) is 11.8 Å². The molecule has 0 atom stereocenters. The second-order valence-corrected chi connectivity index (χ2v) is 13.7. The predicted molar refractivity (Wildman–Crippen MR) is 209 cm³/mol. The summed E-state index contributed by atoms with van der Waals surface area (Å²) in [7, 11) is 0. The van der Waals surface area contributed by atoms with Gasteiger partial charge < -0.3 is 0 Å². The van der Waals surface area contributed by atoms with Crippen LogP contribution in [0.2, 0.25) is 0 Å². The summed E-state index contributed by atoms with van der Waals surface area (Å²) in [5.41, 5.74) is 12.4. The highest BCUT2D eigenvalue weighted by atomic mass is 14.8. The first-order chi connectivity index (χ1) is 24.0. The van der Waals surface area contributed by atoms with E-state index < -0.39 is 0 Å². The van der Waals surface area contributed by atoms with Crippen molar-refractivity contribution < 1.29 is 0 Å². The quantitative estimate of drug-likeness (QED) is 0.156. The number of rotatable bonds is 7. The van der Waals surface area contributed by atoms with Crippen LogP contribution in [0, 0.1) is 0 Å². The summed E-state index contributed by atoms with van der Waals surface area (Å²) in [5.74, 6) is 0.667. The molecule has 7 aromatic rings. The maximum absolute atomic E-state index is 5.81. The van der Waals surface area contributed by atoms with E-state index >= 15 is 0 Å². The van der Waals surface area contributed by atoms with Crippen molar-refractivity contribution in [3.63, 3.8) is 0 Å². The number of hydrogen-bond donors (Lipinski definition) is 0. The van der Waals surface area contributed by atoms with E-state index in [1.807, 2.05) is 0 Å². The van der Waals surface area contributed by atoms with Gasteiger partial charge in [0, 0.05) is 27.8 Å². The Bertz CT molecular complexity index is 2310. The van der Waals surface area contributed by atoms with Gasteiger partial charge in [-0.05, 0) is 50.4 Å². The van der Waals surface area contributed by atoms with Gasteiger partial charge in [0.1, 0.15) is 0 Å². The fourth-order valence-corrected chi connectivity index (χ4v) is 7.55. The summed E-state index contributed by atoms with van der Waals surface area (Å²) in [6.07, 6.45) is 0. The molecule has 0 saturated carbocycles. The molecule has 0 unspecified atom stereocenters. The van der Waals surface area contributed by atoms with Gasteiger partial charge in [-0.2, -0.15) is 0 Å². The van der Waals surface area contributed by atoms with E-state index in [4.69, 9.17) is 9.98 Å². The lowest BCUT2D eigenvalue weighted by molar-refractivity contribution is 0.835. The molecule has 0 aliphatic heterocycles. The smallest absolute Gasteiger partial charge is 0.0979 e. The molecule has 0 bridgehead atoms. The van der Waals surface area contributed by atoms with E-state index in [1.54, 1.807) is 0 Å². The molecule has 0 fully saturated rings. The second kappa shape index (κ2) is 12.8. The molecule has 0 radical (unpaired) electrons. The zero-order valence-corrected chi connectivity index (χ0v) is 28.6. The number of fused-ring (bicyclic) bond motifs is 1. The number of benzene rings is 7. The van der Waals surface area contributed by atoms with Crippen LogP contribution in [0.1, 0.15) is 84.4 Å². The van der Waals surface area contributed by atoms with Crippen molar-refractivity contribution in [1.82, 2.24) is 0 Å². The van der Waals surface area contributed by atoms with Crippen LogP contribution >= 0.6 is 0 Å². The number of hydrogen-bond acceptors (Lipinski definition) is 2. The second-order valence-electron chi connectivity index (χ2n) is 13.7. The van der Waals surface area contributed by atoms with Crippen molar-refractivity contribution in [1.29, 1.82) is 0 Å². The van der Waals surface area contributed by atoms with Crippen LogP contribution in [0.5, 0.6) is 0 Å². The summed E-state index contributed by atoms with van der Waals surface area (Å²) < 4.78 is 0. The molecule has 0 amide bonds. The topological polar surface area (TPSA) is 24.7 Å². The lowest BCUT2D eigenvalue weighted by atomic mass is 9.83. The van der Waals surface area contributed by atoms with Crippen LogP contribution in [-0.2, 0) is 0 Å². The number of nitrogens with zero attached hydrogens (tertiary/aromatic N) is 2. The summed E-state index contributed by atoms with van der Waals surface area (Å²) in [4.78, 5) is 11.5. The third kappa shape index (κ3) is 5.48. The first kappa shape index (κ1) is 30.7. The molecule has 2 heteroatoms.